The number of nitrogens with one attached hydrogen (secondary N) is 1. The number of fused-ring (bicyclic) bond motifs is 4. The summed E-state index contributed by atoms with van der Waals surface area (Å²) in [6.45, 7) is 0.763. The molecule has 0 amide bonds. The van der Waals surface area contributed by atoms with Crippen molar-refractivity contribution in [2.24, 2.45) is 7.05 Å². The minimum atomic E-state index is -4.57. The lowest BCUT2D eigenvalue weighted by molar-refractivity contribution is -0.154. The van der Waals surface area contributed by atoms with Crippen LogP contribution in [0.3, 0.4) is 0 Å². The molecule has 3 aromatic heterocycles. The molecule has 1 atom stereocenters. The molecule has 0 spiro atoms. The maximum absolute atomic E-state index is 15.2. The van der Waals surface area contributed by atoms with Crippen LogP contribution >= 0.6 is 0 Å². The molecule has 1 aliphatic heterocycles. The van der Waals surface area contributed by atoms with Crippen LogP contribution in [0.4, 0.5) is 17.6 Å². The Hall–Kier alpha value is -3.91. The predicted molar refractivity (Wildman–Crippen MR) is 134 cm³/mol. The SMILES string of the molecule is C[C@H]1CN(C)Cc2c(c(OCC(F)(F)F)nn2CCO)/C=C/c2n[nH]c3cc(F)c(cc23)-c2cnn(C)c2O1. The molecule has 0 aliphatic carbocycles. The molecule has 0 saturated carbocycles. The van der Waals surface area contributed by atoms with Crippen molar-refractivity contribution in [3.05, 3.63) is 41.1 Å². The molecule has 4 aromatic rings. The second kappa shape index (κ2) is 10.3. The molecule has 4 heterocycles. The number of aryl methyl sites for hydroxylation is 1. The van der Waals surface area contributed by atoms with Gasteiger partial charge in [0, 0.05) is 37.2 Å². The number of hydrogen-bond donors (Lipinski definition) is 2. The van der Waals surface area contributed by atoms with Gasteiger partial charge in [0.15, 0.2) is 6.61 Å². The summed E-state index contributed by atoms with van der Waals surface area (Å²) in [5, 5.41) is 25.7. The van der Waals surface area contributed by atoms with Gasteiger partial charge in [-0.25, -0.2) is 9.07 Å². The van der Waals surface area contributed by atoms with Gasteiger partial charge >= 0.3 is 6.18 Å². The van der Waals surface area contributed by atoms with E-state index in [2.05, 4.69) is 20.4 Å². The summed E-state index contributed by atoms with van der Waals surface area (Å²) in [6.07, 6.45) is -0.229. The van der Waals surface area contributed by atoms with Gasteiger partial charge in [-0.3, -0.25) is 14.7 Å². The van der Waals surface area contributed by atoms with E-state index in [9.17, 15) is 18.3 Å². The van der Waals surface area contributed by atoms with E-state index in [0.29, 0.717) is 45.8 Å². The van der Waals surface area contributed by atoms with Crippen LogP contribution in [0.5, 0.6) is 11.8 Å². The third-order valence-corrected chi connectivity index (χ3v) is 6.31. The number of likely N-dealkylation sites (N-methyl/N-ethyl adjacent to an activating group) is 1. The normalized spacial score (nSPS) is 17.4. The second-order valence-electron chi connectivity index (χ2n) is 9.45. The number of aliphatic hydroxyl groups excluding tert-OH is 1. The molecular formula is C25H27F4N7O3. The lowest BCUT2D eigenvalue weighted by Crippen LogP contribution is -2.32. The van der Waals surface area contributed by atoms with Crippen LogP contribution < -0.4 is 9.47 Å². The van der Waals surface area contributed by atoms with Crippen LogP contribution in [0.1, 0.15) is 23.9 Å². The van der Waals surface area contributed by atoms with Gasteiger partial charge < -0.3 is 14.6 Å². The van der Waals surface area contributed by atoms with Gasteiger partial charge in [-0.05, 0) is 32.2 Å². The fourth-order valence-electron chi connectivity index (χ4n) is 4.65. The summed E-state index contributed by atoms with van der Waals surface area (Å²) >= 11 is 0. The van der Waals surface area contributed by atoms with Crippen molar-refractivity contribution in [2.75, 3.05) is 26.8 Å². The number of alkyl halides is 3. The number of rotatable bonds is 4. The van der Waals surface area contributed by atoms with Crippen molar-refractivity contribution >= 4 is 23.1 Å². The first kappa shape index (κ1) is 26.7. The summed E-state index contributed by atoms with van der Waals surface area (Å²) in [6, 6.07) is 2.95. The highest BCUT2D eigenvalue weighted by molar-refractivity contribution is 5.93. The van der Waals surface area contributed by atoms with E-state index in [1.54, 1.807) is 25.3 Å². The number of halogens is 4. The Kier molecular flexibility index (Phi) is 7.07. The van der Waals surface area contributed by atoms with Gasteiger partial charge in [-0.15, -0.1) is 5.10 Å². The fourth-order valence-corrected chi connectivity index (χ4v) is 4.65. The molecule has 10 nitrogen and oxygen atoms in total. The van der Waals surface area contributed by atoms with E-state index in [1.807, 2.05) is 18.9 Å². The first-order valence-corrected chi connectivity index (χ1v) is 12.2. The highest BCUT2D eigenvalue weighted by atomic mass is 19.4. The minimum Gasteiger partial charge on any atom is -0.473 e. The molecule has 0 saturated heterocycles. The number of aromatic nitrogens is 6. The van der Waals surface area contributed by atoms with Crippen LogP contribution in [0.15, 0.2) is 18.3 Å². The smallest absolute Gasteiger partial charge is 0.422 e. The topological polar surface area (TPSA) is 106 Å². The highest BCUT2D eigenvalue weighted by Gasteiger charge is 2.30. The van der Waals surface area contributed by atoms with Crippen molar-refractivity contribution in [2.45, 2.75) is 32.3 Å². The number of ether oxygens (including phenoxy) is 2. The Labute approximate surface area is 220 Å². The standard InChI is InChI=1S/C25H27F4N7O3/c1-14-11-34(2)12-22-15(23(33-36(22)6-7-37)38-13-25(27,28)29)4-5-20-17-8-16(19(26)9-21(17)32-31-20)18-10-30-35(3)24(18)39-14/h4-5,8-10,14,37H,6-7,11-13H2,1-3H3,(H,31,32)/b5-4+/t14-/m0/s1. The molecule has 5 rings (SSSR count). The Morgan fingerprint density at radius 3 is 2.74 bits per heavy atom. The molecule has 208 valence electrons. The molecule has 0 fully saturated rings. The van der Waals surface area contributed by atoms with Crippen LogP contribution in [0.2, 0.25) is 0 Å². The first-order chi connectivity index (χ1) is 18.5. The number of nitrogens with zero attached hydrogens (tertiary/aromatic N) is 6. The third kappa shape index (κ3) is 5.47. The molecule has 2 bridgehead atoms. The third-order valence-electron chi connectivity index (χ3n) is 6.31. The van der Waals surface area contributed by atoms with Crippen molar-refractivity contribution < 1.29 is 32.1 Å². The Morgan fingerprint density at radius 2 is 2.00 bits per heavy atom. The molecule has 1 aliphatic rings. The Morgan fingerprint density at radius 1 is 1.21 bits per heavy atom. The van der Waals surface area contributed by atoms with E-state index in [4.69, 9.17) is 9.47 Å². The highest BCUT2D eigenvalue weighted by Crippen LogP contribution is 2.36. The summed E-state index contributed by atoms with van der Waals surface area (Å²) in [4.78, 5) is 1.91. The van der Waals surface area contributed by atoms with E-state index in [0.717, 1.165) is 0 Å². The van der Waals surface area contributed by atoms with Gasteiger partial charge in [0.2, 0.25) is 11.8 Å². The number of aliphatic hydroxyl groups is 1. The monoisotopic (exact) mass is 549 g/mol. The predicted octanol–water partition coefficient (Wildman–Crippen LogP) is 3.62. The zero-order valence-electron chi connectivity index (χ0n) is 21.5. The molecule has 0 radical (unpaired) electrons. The van der Waals surface area contributed by atoms with Crippen LogP contribution in [0, 0.1) is 5.82 Å². The van der Waals surface area contributed by atoms with Crippen molar-refractivity contribution in [3.8, 4) is 22.9 Å². The van der Waals surface area contributed by atoms with Gasteiger partial charge in [-0.2, -0.15) is 23.4 Å². The molecule has 14 heteroatoms. The van der Waals surface area contributed by atoms with Gasteiger partial charge in [0.25, 0.3) is 0 Å². The molecule has 39 heavy (non-hydrogen) atoms. The summed E-state index contributed by atoms with van der Waals surface area (Å²) in [5.74, 6) is -0.332. The zero-order chi connectivity index (χ0) is 27.9. The number of benzene rings is 1. The lowest BCUT2D eigenvalue weighted by atomic mass is 10.0. The van der Waals surface area contributed by atoms with Crippen LogP contribution in [-0.2, 0) is 20.1 Å². The van der Waals surface area contributed by atoms with Crippen molar-refractivity contribution in [3.63, 3.8) is 0 Å². The Balaban J connectivity index is 1.68. The fraction of sp³-hybridized carbons (Fsp3) is 0.400. The second-order valence-corrected chi connectivity index (χ2v) is 9.45. The summed E-state index contributed by atoms with van der Waals surface area (Å²) in [7, 11) is 3.52. The molecule has 2 N–H and O–H groups in total. The van der Waals surface area contributed by atoms with Gasteiger partial charge in [0.1, 0.15) is 11.9 Å². The molecule has 0 unspecified atom stereocenters. The minimum absolute atomic E-state index is 0.0534. The maximum atomic E-state index is 15.2. The average Bonchev–Trinajstić information content (AvgIpc) is 3.51. The zero-order valence-corrected chi connectivity index (χ0v) is 21.5. The molecular weight excluding hydrogens is 522 g/mol. The summed E-state index contributed by atoms with van der Waals surface area (Å²) in [5.41, 5.74) is 2.45. The quantitative estimate of drug-likeness (QED) is 0.375. The van der Waals surface area contributed by atoms with Crippen LogP contribution in [-0.4, -0.2) is 78.9 Å². The largest absolute Gasteiger partial charge is 0.473 e. The number of H-pyrrole nitrogens is 1. The lowest BCUT2D eigenvalue weighted by Gasteiger charge is -2.23. The number of hydrogen-bond acceptors (Lipinski definition) is 7. The van der Waals surface area contributed by atoms with Crippen molar-refractivity contribution in [1.29, 1.82) is 0 Å². The van der Waals surface area contributed by atoms with E-state index >= 15 is 4.39 Å². The molecule has 1 aromatic carbocycles. The van der Waals surface area contributed by atoms with E-state index in [1.165, 1.54) is 21.6 Å². The van der Waals surface area contributed by atoms with Gasteiger partial charge in [-0.1, -0.05) is 0 Å². The summed E-state index contributed by atoms with van der Waals surface area (Å²) < 4.78 is 68.5. The van der Waals surface area contributed by atoms with Gasteiger partial charge in [0.05, 0.1) is 47.4 Å². The first-order valence-electron chi connectivity index (χ1n) is 12.2. The Bertz CT molecular complexity index is 1520. The van der Waals surface area contributed by atoms with E-state index < -0.39 is 18.6 Å². The number of aromatic amines is 1. The van der Waals surface area contributed by atoms with E-state index in [-0.39, 0.29) is 37.2 Å². The van der Waals surface area contributed by atoms with Crippen LogP contribution in [0.25, 0.3) is 34.2 Å². The average molecular weight is 550 g/mol. The maximum Gasteiger partial charge on any atom is 0.422 e. The van der Waals surface area contributed by atoms with Crippen molar-refractivity contribution in [1.82, 2.24) is 34.7 Å².